The minimum atomic E-state index is -3.74. The summed E-state index contributed by atoms with van der Waals surface area (Å²) in [6.45, 7) is 3.19. The van der Waals surface area contributed by atoms with Crippen LogP contribution in [0.2, 0.25) is 0 Å². The number of carbonyl (C=O) groups excluding carboxylic acids is 2. The van der Waals surface area contributed by atoms with Gasteiger partial charge in [0.2, 0.25) is 15.9 Å². The van der Waals surface area contributed by atoms with Gasteiger partial charge in [-0.15, -0.1) is 0 Å². The number of rotatable bonds is 5. The molecule has 1 aliphatic heterocycles. The first-order valence-electron chi connectivity index (χ1n) is 8.80. The molecular weight excluding hydrogens is 396 g/mol. The van der Waals surface area contributed by atoms with Gasteiger partial charge in [-0.2, -0.15) is 0 Å². The Hall–Kier alpha value is -3.07. The van der Waals surface area contributed by atoms with E-state index in [-0.39, 0.29) is 17.3 Å². The number of carbonyl (C=O) groups is 2. The fraction of sp³-hybridized carbons (Fsp3) is 0.300. The van der Waals surface area contributed by atoms with E-state index in [4.69, 9.17) is 9.47 Å². The van der Waals surface area contributed by atoms with Crippen LogP contribution in [0.5, 0.6) is 11.5 Å². The van der Waals surface area contributed by atoms with Crippen LogP contribution in [-0.2, 0) is 14.8 Å². The van der Waals surface area contributed by atoms with E-state index in [1.807, 2.05) is 0 Å². The van der Waals surface area contributed by atoms with Crippen LogP contribution in [0, 0.1) is 5.41 Å². The summed E-state index contributed by atoms with van der Waals surface area (Å²) in [6.07, 6.45) is 0. The quantitative estimate of drug-likeness (QED) is 0.801. The number of anilines is 2. The number of hydrogen-bond donors (Lipinski definition) is 1. The fourth-order valence-corrected chi connectivity index (χ4v) is 5.23. The summed E-state index contributed by atoms with van der Waals surface area (Å²) in [6, 6.07) is 10.8. The molecule has 0 saturated carbocycles. The van der Waals surface area contributed by atoms with Crippen molar-refractivity contribution in [2.75, 3.05) is 29.6 Å². The van der Waals surface area contributed by atoms with Gasteiger partial charge in [-0.05, 0) is 50.2 Å². The predicted octanol–water partition coefficient (Wildman–Crippen LogP) is 2.66. The van der Waals surface area contributed by atoms with Gasteiger partial charge in [-0.1, -0.05) is 0 Å². The molecule has 1 N–H and O–H groups in total. The van der Waals surface area contributed by atoms with Crippen LogP contribution in [0.3, 0.4) is 0 Å². The maximum absolute atomic E-state index is 12.5. The molecule has 154 valence electrons. The molecule has 2 aromatic carbocycles. The zero-order valence-electron chi connectivity index (χ0n) is 16.6. The van der Waals surface area contributed by atoms with Gasteiger partial charge in [0.15, 0.2) is 11.5 Å². The largest absolute Gasteiger partial charge is 0.493 e. The van der Waals surface area contributed by atoms with Crippen LogP contribution < -0.4 is 19.1 Å². The number of nitrogens with one attached hydrogen (secondary N) is 1. The van der Waals surface area contributed by atoms with E-state index in [0.717, 1.165) is 4.31 Å². The number of hydrogen-bond acceptors (Lipinski definition) is 6. The summed E-state index contributed by atoms with van der Waals surface area (Å²) in [5.41, 5.74) is 0.0494. The second-order valence-electron chi connectivity index (χ2n) is 7.28. The monoisotopic (exact) mass is 418 g/mol. The molecule has 0 aromatic heterocycles. The maximum atomic E-state index is 12.5. The lowest BCUT2D eigenvalue weighted by molar-refractivity contribution is -0.123. The lowest BCUT2D eigenvalue weighted by atomic mass is 9.95. The molecule has 0 bridgehead atoms. The number of nitrogens with zero attached hydrogens (tertiary/aromatic N) is 1. The van der Waals surface area contributed by atoms with Crippen molar-refractivity contribution < 1.29 is 27.5 Å². The van der Waals surface area contributed by atoms with Gasteiger partial charge in [0.05, 0.1) is 31.1 Å². The molecular formula is C20H22N2O6S. The third-order valence-corrected chi connectivity index (χ3v) is 6.61. The van der Waals surface area contributed by atoms with Crippen LogP contribution in [0.15, 0.2) is 42.5 Å². The number of ether oxygens (including phenoxy) is 2. The van der Waals surface area contributed by atoms with Gasteiger partial charge in [0.25, 0.3) is 5.91 Å². The fourth-order valence-electron chi connectivity index (χ4n) is 3.13. The summed E-state index contributed by atoms with van der Waals surface area (Å²) in [5, 5.41) is 2.74. The smallest absolute Gasteiger partial charge is 0.255 e. The Morgan fingerprint density at radius 1 is 1.03 bits per heavy atom. The standard InChI is InChI=1S/C20H22N2O6S/c1-20(2)12-29(25,26)22(19(20)24)15-8-5-13(6-9-15)18(23)21-14-7-10-16(27-3)17(11-14)28-4/h5-11H,12H2,1-4H3,(H,21,23). The van der Waals surface area contributed by atoms with Gasteiger partial charge in [-0.25, -0.2) is 12.7 Å². The number of amides is 2. The summed E-state index contributed by atoms with van der Waals surface area (Å²) in [7, 11) is -0.720. The van der Waals surface area contributed by atoms with E-state index in [9.17, 15) is 18.0 Å². The lowest BCUT2D eigenvalue weighted by Crippen LogP contribution is -2.32. The Morgan fingerprint density at radius 3 is 2.17 bits per heavy atom. The van der Waals surface area contributed by atoms with Crippen molar-refractivity contribution in [1.82, 2.24) is 0 Å². The molecule has 0 radical (unpaired) electrons. The summed E-state index contributed by atoms with van der Waals surface area (Å²) in [5.74, 6) is -0.115. The van der Waals surface area contributed by atoms with Crippen molar-refractivity contribution in [3.05, 3.63) is 48.0 Å². The number of methoxy groups -OCH3 is 2. The molecule has 1 saturated heterocycles. The van der Waals surface area contributed by atoms with E-state index < -0.39 is 21.3 Å². The predicted molar refractivity (Wildman–Crippen MR) is 109 cm³/mol. The normalized spacial score (nSPS) is 17.1. The van der Waals surface area contributed by atoms with Crippen molar-refractivity contribution in [2.45, 2.75) is 13.8 Å². The van der Waals surface area contributed by atoms with Crippen LogP contribution in [0.1, 0.15) is 24.2 Å². The minimum Gasteiger partial charge on any atom is -0.493 e. The zero-order valence-corrected chi connectivity index (χ0v) is 17.4. The van der Waals surface area contributed by atoms with Gasteiger partial charge < -0.3 is 14.8 Å². The first-order chi connectivity index (χ1) is 13.6. The third-order valence-electron chi connectivity index (χ3n) is 4.59. The molecule has 0 aliphatic carbocycles. The Kier molecular flexibility index (Phi) is 5.27. The summed E-state index contributed by atoms with van der Waals surface area (Å²) < 4.78 is 35.9. The Morgan fingerprint density at radius 2 is 1.66 bits per heavy atom. The molecule has 1 fully saturated rings. The van der Waals surface area contributed by atoms with Gasteiger partial charge in [-0.3, -0.25) is 9.59 Å². The molecule has 29 heavy (non-hydrogen) atoms. The molecule has 1 heterocycles. The highest BCUT2D eigenvalue weighted by atomic mass is 32.2. The topological polar surface area (TPSA) is 102 Å². The summed E-state index contributed by atoms with van der Waals surface area (Å²) in [4.78, 5) is 25.0. The van der Waals surface area contributed by atoms with Gasteiger partial charge in [0.1, 0.15) is 0 Å². The van der Waals surface area contributed by atoms with Crippen molar-refractivity contribution in [3.63, 3.8) is 0 Å². The highest BCUT2D eigenvalue weighted by Crippen LogP contribution is 2.36. The van der Waals surface area contributed by atoms with Crippen molar-refractivity contribution >= 4 is 33.2 Å². The van der Waals surface area contributed by atoms with Crippen LogP contribution >= 0.6 is 0 Å². The second kappa shape index (κ2) is 7.40. The summed E-state index contributed by atoms with van der Waals surface area (Å²) >= 11 is 0. The highest BCUT2D eigenvalue weighted by molar-refractivity contribution is 7.94. The van der Waals surface area contributed by atoms with E-state index >= 15 is 0 Å². The second-order valence-corrected chi connectivity index (χ2v) is 9.10. The average Bonchev–Trinajstić information content (AvgIpc) is 2.84. The first-order valence-corrected chi connectivity index (χ1v) is 10.4. The molecule has 0 unspecified atom stereocenters. The SMILES string of the molecule is COc1ccc(NC(=O)c2ccc(N3C(=O)C(C)(C)CS3(=O)=O)cc2)cc1OC. The van der Waals surface area contributed by atoms with Gasteiger partial charge >= 0.3 is 0 Å². The lowest BCUT2D eigenvalue weighted by Gasteiger charge is -2.17. The highest BCUT2D eigenvalue weighted by Gasteiger charge is 2.49. The number of benzene rings is 2. The molecule has 8 nitrogen and oxygen atoms in total. The van der Waals surface area contributed by atoms with Crippen LogP contribution in [0.4, 0.5) is 11.4 Å². The Bertz CT molecular complexity index is 1060. The third kappa shape index (κ3) is 3.91. The zero-order chi connectivity index (χ0) is 21.4. The van der Waals surface area contributed by atoms with E-state index in [2.05, 4.69) is 5.32 Å². The average molecular weight is 418 g/mol. The van der Waals surface area contributed by atoms with Crippen molar-refractivity contribution in [2.24, 2.45) is 5.41 Å². The first kappa shape index (κ1) is 20.7. The van der Waals surface area contributed by atoms with E-state index in [1.54, 1.807) is 32.0 Å². The Balaban J connectivity index is 1.80. The molecule has 2 aromatic rings. The molecule has 1 aliphatic rings. The molecule has 0 spiro atoms. The molecule has 3 rings (SSSR count). The maximum Gasteiger partial charge on any atom is 0.255 e. The Labute approximate surface area is 169 Å². The van der Waals surface area contributed by atoms with E-state index in [1.165, 1.54) is 38.5 Å². The minimum absolute atomic E-state index is 0.211. The molecule has 0 atom stereocenters. The molecule has 2 amide bonds. The van der Waals surface area contributed by atoms with Crippen LogP contribution in [0.25, 0.3) is 0 Å². The van der Waals surface area contributed by atoms with Crippen molar-refractivity contribution in [1.29, 1.82) is 0 Å². The van der Waals surface area contributed by atoms with Gasteiger partial charge in [0, 0.05) is 17.3 Å². The van der Waals surface area contributed by atoms with Crippen molar-refractivity contribution in [3.8, 4) is 11.5 Å². The van der Waals surface area contributed by atoms with E-state index in [0.29, 0.717) is 22.7 Å². The molecule has 9 heteroatoms. The number of sulfonamides is 1. The van der Waals surface area contributed by atoms with Crippen LogP contribution in [-0.4, -0.2) is 40.2 Å².